The summed E-state index contributed by atoms with van der Waals surface area (Å²) in [6.07, 6.45) is -0.103. The molecule has 0 aliphatic rings. The highest BCUT2D eigenvalue weighted by molar-refractivity contribution is 5.89. The van der Waals surface area contributed by atoms with Crippen molar-refractivity contribution in [3.05, 3.63) is 66.8 Å². The number of carbonyl (C=O) groups excluding carboxylic acids is 3. The first-order chi connectivity index (χ1) is 14.7. The normalized spacial score (nSPS) is 10.0. The Morgan fingerprint density at radius 3 is 2.00 bits per heavy atom. The van der Waals surface area contributed by atoms with Gasteiger partial charge < -0.3 is 18.9 Å². The Labute approximate surface area is 180 Å². The molecule has 0 saturated carbocycles. The molecule has 0 N–H and O–H groups in total. The van der Waals surface area contributed by atoms with Crippen LogP contribution in [0.3, 0.4) is 0 Å². The summed E-state index contributed by atoms with van der Waals surface area (Å²) in [6, 6.07) is 12.0. The monoisotopic (exact) mass is 424 g/mol. The smallest absolute Gasteiger partial charge is 0.338 e. The van der Waals surface area contributed by atoms with Gasteiger partial charge >= 0.3 is 17.9 Å². The number of methoxy groups -OCH3 is 1. The summed E-state index contributed by atoms with van der Waals surface area (Å²) in [7, 11) is 1.46. The number of hydrogen-bond donors (Lipinski definition) is 0. The summed E-state index contributed by atoms with van der Waals surface area (Å²) in [6.45, 7) is 10.0. The van der Waals surface area contributed by atoms with Crippen LogP contribution in [0.5, 0.6) is 17.2 Å². The van der Waals surface area contributed by atoms with Gasteiger partial charge in [-0.15, -0.1) is 0 Å². The number of carbonyl (C=O) groups is 3. The van der Waals surface area contributed by atoms with Crippen molar-refractivity contribution in [1.82, 2.24) is 0 Å². The summed E-state index contributed by atoms with van der Waals surface area (Å²) in [5.41, 5.74) is 2.23. The molecule has 7 nitrogen and oxygen atoms in total. The van der Waals surface area contributed by atoms with Crippen molar-refractivity contribution in [2.75, 3.05) is 13.7 Å². The van der Waals surface area contributed by atoms with Crippen molar-refractivity contribution in [1.29, 1.82) is 0 Å². The van der Waals surface area contributed by atoms with Crippen LogP contribution in [0.25, 0.3) is 11.1 Å². The first-order valence-electron chi connectivity index (χ1n) is 9.40. The lowest BCUT2D eigenvalue weighted by Gasteiger charge is -2.12. The predicted octanol–water partition coefficient (Wildman–Crippen LogP) is 4.26. The predicted molar refractivity (Wildman–Crippen MR) is 115 cm³/mol. The lowest BCUT2D eigenvalue weighted by atomic mass is 10.0. The van der Waals surface area contributed by atoms with E-state index in [1.807, 2.05) is 0 Å². The van der Waals surface area contributed by atoms with Gasteiger partial charge in [0.05, 0.1) is 13.5 Å². The quantitative estimate of drug-likeness (QED) is 0.338. The van der Waals surface area contributed by atoms with Crippen molar-refractivity contribution < 1.29 is 33.3 Å². The van der Waals surface area contributed by atoms with Gasteiger partial charge in [-0.2, -0.15) is 0 Å². The third-order valence-corrected chi connectivity index (χ3v) is 4.02. The van der Waals surface area contributed by atoms with Crippen LogP contribution < -0.4 is 14.2 Å². The molecular weight excluding hydrogens is 400 g/mol. The molecule has 162 valence electrons. The summed E-state index contributed by atoms with van der Waals surface area (Å²) >= 11 is 0. The molecule has 2 aromatic carbocycles. The van der Waals surface area contributed by atoms with Gasteiger partial charge in [0, 0.05) is 11.1 Å². The number of ether oxygens (including phenoxy) is 4. The summed E-state index contributed by atoms with van der Waals surface area (Å²) in [5.74, 6) is -0.604. The van der Waals surface area contributed by atoms with Crippen molar-refractivity contribution in [3.8, 4) is 28.4 Å². The Bertz CT molecular complexity index is 1000. The number of benzene rings is 2. The lowest BCUT2D eigenvalue weighted by molar-refractivity contribution is -0.142. The molecule has 7 heteroatoms. The van der Waals surface area contributed by atoms with E-state index in [0.29, 0.717) is 17.1 Å². The second kappa shape index (κ2) is 10.8. The van der Waals surface area contributed by atoms with Gasteiger partial charge in [0.25, 0.3) is 0 Å². The van der Waals surface area contributed by atoms with Crippen molar-refractivity contribution in [2.24, 2.45) is 0 Å². The lowest BCUT2D eigenvalue weighted by Crippen LogP contribution is -2.14. The van der Waals surface area contributed by atoms with E-state index in [1.54, 1.807) is 49.4 Å². The third kappa shape index (κ3) is 6.85. The maximum absolute atomic E-state index is 12.0. The Morgan fingerprint density at radius 2 is 1.42 bits per heavy atom. The topological polar surface area (TPSA) is 88.1 Å². The van der Waals surface area contributed by atoms with E-state index in [9.17, 15) is 14.4 Å². The molecule has 0 fully saturated rings. The van der Waals surface area contributed by atoms with Crippen LogP contribution in [-0.2, 0) is 19.1 Å². The Kier molecular flexibility index (Phi) is 8.14. The number of esters is 3. The fourth-order valence-corrected chi connectivity index (χ4v) is 2.36. The molecule has 0 saturated heterocycles. The summed E-state index contributed by atoms with van der Waals surface area (Å²) < 4.78 is 20.7. The zero-order valence-corrected chi connectivity index (χ0v) is 17.7. The van der Waals surface area contributed by atoms with Gasteiger partial charge in [-0.25, -0.2) is 9.59 Å². The molecule has 2 aromatic rings. The number of hydrogen-bond acceptors (Lipinski definition) is 7. The third-order valence-electron chi connectivity index (χ3n) is 4.02. The molecule has 0 radical (unpaired) electrons. The van der Waals surface area contributed by atoms with E-state index in [0.717, 1.165) is 11.1 Å². The summed E-state index contributed by atoms with van der Waals surface area (Å²) in [5, 5.41) is 0. The zero-order valence-electron chi connectivity index (χ0n) is 17.7. The molecule has 0 spiro atoms. The largest absolute Gasteiger partial charge is 0.493 e. The molecule has 0 aliphatic heterocycles. The van der Waals surface area contributed by atoms with Crippen LogP contribution in [0.15, 0.2) is 66.8 Å². The molecule has 2 rings (SSSR count). The minimum absolute atomic E-state index is 0.103. The van der Waals surface area contributed by atoms with E-state index in [-0.39, 0.29) is 24.4 Å². The average molecular weight is 424 g/mol. The first kappa shape index (κ1) is 23.4. The average Bonchev–Trinajstić information content (AvgIpc) is 2.74. The van der Waals surface area contributed by atoms with Gasteiger partial charge in [0.1, 0.15) is 12.4 Å². The molecule has 0 heterocycles. The fourth-order valence-electron chi connectivity index (χ4n) is 2.36. The molecule has 0 unspecified atom stereocenters. The fraction of sp³-hybridized carbons (Fsp3) is 0.208. The maximum atomic E-state index is 12.0. The van der Waals surface area contributed by atoms with Crippen LogP contribution >= 0.6 is 0 Å². The van der Waals surface area contributed by atoms with E-state index >= 15 is 0 Å². The highest BCUT2D eigenvalue weighted by Crippen LogP contribution is 2.33. The van der Waals surface area contributed by atoms with Crippen molar-refractivity contribution >= 4 is 17.9 Å². The SMILES string of the molecule is C=C(C)C(=O)OCCC(=O)Oc1ccc(-c2ccc(OC(=O)C(=C)C)cc2)cc1OC. The van der Waals surface area contributed by atoms with Crippen LogP contribution in [-0.4, -0.2) is 31.6 Å². The van der Waals surface area contributed by atoms with Crippen molar-refractivity contribution in [3.63, 3.8) is 0 Å². The standard InChI is InChI=1S/C24H24O7/c1-15(2)23(26)29-13-12-22(25)31-20-11-8-18(14-21(20)28-5)17-6-9-19(10-7-17)30-24(27)16(3)4/h6-11,14H,1,3,12-13H2,2,4-5H3. The van der Waals surface area contributed by atoms with Gasteiger partial charge in [-0.3, -0.25) is 4.79 Å². The molecule has 0 bridgehead atoms. The molecule has 31 heavy (non-hydrogen) atoms. The van der Waals surface area contributed by atoms with Crippen LogP contribution in [0, 0.1) is 0 Å². The molecule has 0 aromatic heterocycles. The Balaban J connectivity index is 2.05. The highest BCUT2D eigenvalue weighted by atomic mass is 16.6. The van der Waals surface area contributed by atoms with Crippen LogP contribution in [0.2, 0.25) is 0 Å². The maximum Gasteiger partial charge on any atom is 0.338 e. The minimum atomic E-state index is -0.566. The Hall–Kier alpha value is -3.87. The molecule has 0 amide bonds. The van der Waals surface area contributed by atoms with E-state index in [4.69, 9.17) is 18.9 Å². The summed E-state index contributed by atoms with van der Waals surface area (Å²) in [4.78, 5) is 35.0. The molecule has 0 atom stereocenters. The zero-order chi connectivity index (χ0) is 23.0. The second-order valence-corrected chi connectivity index (χ2v) is 6.70. The van der Waals surface area contributed by atoms with Crippen LogP contribution in [0.4, 0.5) is 0 Å². The van der Waals surface area contributed by atoms with Crippen LogP contribution in [0.1, 0.15) is 20.3 Å². The van der Waals surface area contributed by atoms with E-state index in [2.05, 4.69) is 13.2 Å². The Morgan fingerprint density at radius 1 is 0.806 bits per heavy atom. The van der Waals surface area contributed by atoms with Crippen molar-refractivity contribution in [2.45, 2.75) is 20.3 Å². The second-order valence-electron chi connectivity index (χ2n) is 6.70. The van der Waals surface area contributed by atoms with Gasteiger partial charge in [0.15, 0.2) is 11.5 Å². The molecule has 0 aliphatic carbocycles. The highest BCUT2D eigenvalue weighted by Gasteiger charge is 2.13. The minimum Gasteiger partial charge on any atom is -0.493 e. The first-order valence-corrected chi connectivity index (χ1v) is 9.40. The van der Waals surface area contributed by atoms with Gasteiger partial charge in [-0.05, 0) is 49.2 Å². The number of rotatable bonds is 9. The van der Waals surface area contributed by atoms with Gasteiger partial charge in [0.2, 0.25) is 0 Å². The van der Waals surface area contributed by atoms with Gasteiger partial charge in [-0.1, -0.05) is 31.4 Å². The van der Waals surface area contributed by atoms with E-state index < -0.39 is 17.9 Å². The molecular formula is C24H24O7. The van der Waals surface area contributed by atoms with E-state index in [1.165, 1.54) is 14.0 Å².